The molecule has 136 valence electrons. The summed E-state index contributed by atoms with van der Waals surface area (Å²) in [4.78, 5) is 21.9. The highest BCUT2D eigenvalue weighted by Crippen LogP contribution is 2.26. The molecule has 2 aromatic rings. The molecule has 2 rings (SSSR count). The molecule has 8 nitrogen and oxygen atoms in total. The second-order valence-electron chi connectivity index (χ2n) is 5.20. The second kappa shape index (κ2) is 8.95. The van der Waals surface area contributed by atoms with E-state index in [2.05, 4.69) is 26.5 Å². The summed E-state index contributed by atoms with van der Waals surface area (Å²) in [7, 11) is 0. The number of hydrogen-bond donors (Lipinski definition) is 2. The molecule has 2 aromatic carbocycles. The lowest BCUT2D eigenvalue weighted by molar-refractivity contribution is -0.384. The van der Waals surface area contributed by atoms with E-state index in [1.54, 1.807) is 6.07 Å². The van der Waals surface area contributed by atoms with Crippen LogP contribution in [0.1, 0.15) is 18.1 Å². The normalized spacial score (nSPS) is 10.7. The molecule has 0 aromatic heterocycles. The molecule has 1 amide bonds. The first kappa shape index (κ1) is 19.4. The quantitative estimate of drug-likeness (QED) is 0.404. The number of hydrogen-bond acceptors (Lipinski definition) is 6. The third-order valence-electron chi connectivity index (χ3n) is 3.38. The Kier molecular flexibility index (Phi) is 6.67. The number of non-ortho nitro benzene ring substituents is 1. The van der Waals surface area contributed by atoms with E-state index in [9.17, 15) is 20.0 Å². The number of amides is 1. The minimum atomic E-state index is -0.592. The van der Waals surface area contributed by atoms with Gasteiger partial charge in [0.1, 0.15) is 11.5 Å². The number of carbonyl (C=O) groups is 1. The lowest BCUT2D eigenvalue weighted by Gasteiger charge is -2.08. The molecule has 9 heteroatoms. The lowest BCUT2D eigenvalue weighted by atomic mass is 10.2. The molecule has 0 saturated heterocycles. The van der Waals surface area contributed by atoms with Gasteiger partial charge in [-0.1, -0.05) is 13.0 Å². The largest absolute Gasteiger partial charge is 0.507 e. The molecule has 0 saturated carbocycles. The summed E-state index contributed by atoms with van der Waals surface area (Å²) in [5.74, 6) is -0.180. The van der Waals surface area contributed by atoms with Gasteiger partial charge in [0.15, 0.2) is 6.61 Å². The number of ether oxygens (including phenoxy) is 1. The number of hydrazone groups is 1. The second-order valence-corrected chi connectivity index (χ2v) is 6.05. The van der Waals surface area contributed by atoms with Crippen LogP contribution in [0.25, 0.3) is 0 Å². The SMILES string of the molecule is CCc1ccc(OCC(=O)N/N=C/c2cc([N+](=O)[O-])ccc2O)c(Br)c1. The molecule has 0 fully saturated rings. The lowest BCUT2D eigenvalue weighted by Crippen LogP contribution is -2.24. The molecular formula is C17H16BrN3O5. The van der Waals surface area contributed by atoms with Crippen molar-refractivity contribution in [3.05, 3.63) is 62.1 Å². The fraction of sp³-hybridized carbons (Fsp3) is 0.176. The third kappa shape index (κ3) is 5.28. The summed E-state index contributed by atoms with van der Waals surface area (Å²) in [5.41, 5.74) is 3.28. The van der Waals surface area contributed by atoms with Gasteiger partial charge in [-0.2, -0.15) is 5.10 Å². The summed E-state index contributed by atoms with van der Waals surface area (Å²) in [6.45, 7) is 1.77. The van der Waals surface area contributed by atoms with Crippen LogP contribution in [-0.4, -0.2) is 28.8 Å². The highest BCUT2D eigenvalue weighted by Gasteiger charge is 2.09. The van der Waals surface area contributed by atoms with Crippen LogP contribution >= 0.6 is 15.9 Å². The van der Waals surface area contributed by atoms with E-state index in [-0.39, 0.29) is 23.6 Å². The number of rotatable bonds is 7. The van der Waals surface area contributed by atoms with Crippen molar-refractivity contribution < 1.29 is 19.6 Å². The first-order valence-electron chi connectivity index (χ1n) is 7.61. The van der Waals surface area contributed by atoms with Crippen LogP contribution < -0.4 is 10.2 Å². The number of aryl methyl sites for hydroxylation is 1. The van der Waals surface area contributed by atoms with Crippen molar-refractivity contribution in [3.63, 3.8) is 0 Å². The molecule has 0 heterocycles. The Morgan fingerprint density at radius 2 is 2.15 bits per heavy atom. The molecule has 0 spiro atoms. The van der Waals surface area contributed by atoms with E-state index in [1.165, 1.54) is 12.1 Å². The van der Waals surface area contributed by atoms with Crippen molar-refractivity contribution in [1.29, 1.82) is 0 Å². The number of aromatic hydroxyl groups is 1. The van der Waals surface area contributed by atoms with Crippen molar-refractivity contribution in [2.45, 2.75) is 13.3 Å². The molecule has 0 radical (unpaired) electrons. The van der Waals surface area contributed by atoms with Crippen molar-refractivity contribution in [2.24, 2.45) is 5.10 Å². The minimum absolute atomic E-state index is 0.110. The summed E-state index contributed by atoms with van der Waals surface area (Å²) in [5, 5.41) is 24.0. The predicted molar refractivity (Wildman–Crippen MR) is 99.5 cm³/mol. The maximum Gasteiger partial charge on any atom is 0.277 e. The van der Waals surface area contributed by atoms with Gasteiger partial charge in [-0.15, -0.1) is 0 Å². The van der Waals surface area contributed by atoms with Crippen LogP contribution in [0, 0.1) is 10.1 Å². The van der Waals surface area contributed by atoms with E-state index in [0.29, 0.717) is 5.75 Å². The van der Waals surface area contributed by atoms with Gasteiger partial charge in [0, 0.05) is 17.7 Å². The van der Waals surface area contributed by atoms with E-state index >= 15 is 0 Å². The number of phenols is 1. The smallest absolute Gasteiger partial charge is 0.277 e. The van der Waals surface area contributed by atoms with Crippen molar-refractivity contribution in [2.75, 3.05) is 6.61 Å². The Morgan fingerprint density at radius 3 is 2.81 bits per heavy atom. The van der Waals surface area contributed by atoms with E-state index in [1.807, 2.05) is 19.1 Å². The molecular weight excluding hydrogens is 406 g/mol. The monoisotopic (exact) mass is 421 g/mol. The Balaban J connectivity index is 1.92. The average Bonchev–Trinajstić information content (AvgIpc) is 2.61. The van der Waals surface area contributed by atoms with Gasteiger partial charge < -0.3 is 9.84 Å². The number of nitro benzene ring substituents is 1. The number of carbonyl (C=O) groups excluding carboxylic acids is 1. The maximum absolute atomic E-state index is 11.8. The van der Waals surface area contributed by atoms with Crippen molar-refractivity contribution in [3.8, 4) is 11.5 Å². The fourth-order valence-corrected chi connectivity index (χ4v) is 2.53. The molecule has 2 N–H and O–H groups in total. The zero-order valence-corrected chi connectivity index (χ0v) is 15.4. The summed E-state index contributed by atoms with van der Waals surface area (Å²) >= 11 is 3.38. The molecule has 0 aliphatic heterocycles. The van der Waals surface area contributed by atoms with Crippen LogP contribution in [0.5, 0.6) is 11.5 Å². The topological polar surface area (TPSA) is 114 Å². The van der Waals surface area contributed by atoms with Crippen LogP contribution in [0.3, 0.4) is 0 Å². The maximum atomic E-state index is 11.8. The summed E-state index contributed by atoms with van der Waals surface area (Å²) in [6.07, 6.45) is 2.00. The Morgan fingerprint density at radius 1 is 1.38 bits per heavy atom. The van der Waals surface area contributed by atoms with Crippen LogP contribution in [0.15, 0.2) is 46.0 Å². The van der Waals surface area contributed by atoms with E-state index in [0.717, 1.165) is 28.7 Å². The van der Waals surface area contributed by atoms with Gasteiger partial charge in [0.05, 0.1) is 15.6 Å². The highest BCUT2D eigenvalue weighted by molar-refractivity contribution is 9.10. The van der Waals surface area contributed by atoms with Crippen molar-refractivity contribution >= 4 is 33.7 Å². The minimum Gasteiger partial charge on any atom is -0.507 e. The van der Waals surface area contributed by atoms with Gasteiger partial charge in [0.2, 0.25) is 0 Å². The summed E-state index contributed by atoms with van der Waals surface area (Å²) in [6, 6.07) is 9.08. The number of nitro groups is 1. The summed E-state index contributed by atoms with van der Waals surface area (Å²) < 4.78 is 6.15. The third-order valence-corrected chi connectivity index (χ3v) is 4.00. The Hall–Kier alpha value is -2.94. The van der Waals surface area contributed by atoms with Gasteiger partial charge in [-0.25, -0.2) is 5.43 Å². The Bertz CT molecular complexity index is 854. The number of nitrogens with zero attached hydrogens (tertiary/aromatic N) is 2. The Labute approximate surface area is 157 Å². The predicted octanol–water partition coefficient (Wildman–Crippen LogP) is 3.15. The standard InChI is InChI=1S/C17H16BrN3O5/c1-2-11-3-6-16(14(18)7-11)26-10-17(23)20-19-9-12-8-13(21(24)25)4-5-15(12)22/h3-9,22H,2,10H2,1H3,(H,20,23)/b19-9+. The number of nitrogens with one attached hydrogen (secondary N) is 1. The first-order chi connectivity index (χ1) is 12.4. The highest BCUT2D eigenvalue weighted by atomic mass is 79.9. The zero-order valence-electron chi connectivity index (χ0n) is 13.8. The molecule has 0 atom stereocenters. The number of halogens is 1. The molecule has 0 aliphatic carbocycles. The average molecular weight is 422 g/mol. The fourth-order valence-electron chi connectivity index (χ4n) is 1.99. The van der Waals surface area contributed by atoms with Crippen LogP contribution in [0.2, 0.25) is 0 Å². The molecule has 26 heavy (non-hydrogen) atoms. The van der Waals surface area contributed by atoms with E-state index < -0.39 is 10.8 Å². The van der Waals surface area contributed by atoms with E-state index in [4.69, 9.17) is 4.74 Å². The zero-order chi connectivity index (χ0) is 19.1. The van der Waals surface area contributed by atoms with Gasteiger partial charge >= 0.3 is 0 Å². The molecule has 0 aliphatic rings. The van der Waals surface area contributed by atoms with Crippen LogP contribution in [-0.2, 0) is 11.2 Å². The molecule has 0 bridgehead atoms. The number of phenolic OH excluding ortho intramolecular Hbond substituents is 1. The van der Waals surface area contributed by atoms with Crippen LogP contribution in [0.4, 0.5) is 5.69 Å². The first-order valence-corrected chi connectivity index (χ1v) is 8.40. The van der Waals surface area contributed by atoms with Gasteiger partial charge in [-0.05, 0) is 46.1 Å². The van der Waals surface area contributed by atoms with Gasteiger partial charge in [-0.3, -0.25) is 14.9 Å². The molecule has 0 unspecified atom stereocenters. The van der Waals surface area contributed by atoms with Gasteiger partial charge in [0.25, 0.3) is 11.6 Å². The number of benzene rings is 2. The van der Waals surface area contributed by atoms with Crippen molar-refractivity contribution in [1.82, 2.24) is 5.43 Å².